The summed E-state index contributed by atoms with van der Waals surface area (Å²) in [5, 5.41) is 7.37. The fourth-order valence-corrected chi connectivity index (χ4v) is 1.82. The summed E-state index contributed by atoms with van der Waals surface area (Å²) in [6, 6.07) is 3.70. The van der Waals surface area contributed by atoms with Crippen molar-refractivity contribution in [2.24, 2.45) is 5.73 Å². The van der Waals surface area contributed by atoms with Gasteiger partial charge in [-0.1, -0.05) is 15.9 Å². The molecular weight excluding hydrogens is 320 g/mol. The number of hydrogen-bond donors (Lipinski definition) is 2. The van der Waals surface area contributed by atoms with Crippen LogP contribution in [0.4, 0.5) is 8.78 Å². The highest BCUT2D eigenvalue weighted by molar-refractivity contribution is 9.10. The van der Waals surface area contributed by atoms with Gasteiger partial charge in [0.2, 0.25) is 5.82 Å². The van der Waals surface area contributed by atoms with Gasteiger partial charge in [-0.15, -0.1) is 0 Å². The molecule has 0 aliphatic heterocycles. The van der Waals surface area contributed by atoms with E-state index in [0.29, 0.717) is 4.47 Å². The highest BCUT2D eigenvalue weighted by Gasteiger charge is 2.14. The summed E-state index contributed by atoms with van der Waals surface area (Å²) in [6.07, 6.45) is 2.69. The van der Waals surface area contributed by atoms with E-state index < -0.39 is 11.6 Å². The van der Waals surface area contributed by atoms with Crippen molar-refractivity contribution in [1.82, 2.24) is 4.98 Å². The van der Waals surface area contributed by atoms with Crippen LogP contribution in [-0.2, 0) is 0 Å². The smallest absolute Gasteiger partial charge is 0.201 e. The molecule has 98 valence electrons. The molecule has 3 N–H and O–H groups in total. The lowest BCUT2D eigenvalue weighted by Gasteiger charge is -2.10. The molecule has 7 heteroatoms. The molecule has 0 saturated carbocycles. The summed E-state index contributed by atoms with van der Waals surface area (Å²) in [7, 11) is 0. The molecule has 0 fully saturated rings. The molecule has 4 nitrogen and oxygen atoms in total. The van der Waals surface area contributed by atoms with Gasteiger partial charge in [0.1, 0.15) is 5.84 Å². The number of nitrogens with one attached hydrogen (secondary N) is 1. The number of nitrogens with two attached hydrogens (primary N) is 1. The molecule has 0 bridgehead atoms. The van der Waals surface area contributed by atoms with E-state index >= 15 is 0 Å². The van der Waals surface area contributed by atoms with Crippen molar-refractivity contribution >= 4 is 21.8 Å². The number of rotatable bonds is 3. The van der Waals surface area contributed by atoms with E-state index in [0.717, 1.165) is 6.07 Å². The second kappa shape index (κ2) is 5.31. The Balaban J connectivity index is 2.45. The molecule has 0 aliphatic rings. The van der Waals surface area contributed by atoms with Gasteiger partial charge in [0.05, 0.1) is 11.8 Å². The molecule has 2 rings (SSSR count). The zero-order valence-electron chi connectivity index (χ0n) is 9.45. The average Bonchev–Trinajstić information content (AvgIpc) is 2.35. The first-order valence-corrected chi connectivity index (χ1v) is 5.89. The van der Waals surface area contributed by atoms with E-state index in [1.54, 1.807) is 0 Å². The fraction of sp³-hybridized carbons (Fsp3) is 0. The van der Waals surface area contributed by atoms with Crippen molar-refractivity contribution < 1.29 is 13.5 Å². The molecule has 0 saturated heterocycles. The molecule has 0 amide bonds. The number of halogens is 3. The van der Waals surface area contributed by atoms with Crippen molar-refractivity contribution in [3.63, 3.8) is 0 Å². The van der Waals surface area contributed by atoms with Crippen LogP contribution < -0.4 is 10.5 Å². The second-order valence-electron chi connectivity index (χ2n) is 3.59. The minimum Gasteiger partial charge on any atom is -0.452 e. The summed E-state index contributed by atoms with van der Waals surface area (Å²) < 4.78 is 32.4. The third-order valence-electron chi connectivity index (χ3n) is 2.25. The van der Waals surface area contributed by atoms with Gasteiger partial charge in [0.25, 0.3) is 0 Å². The summed E-state index contributed by atoms with van der Waals surface area (Å²) >= 11 is 3.04. The van der Waals surface area contributed by atoms with E-state index in [4.69, 9.17) is 15.9 Å². The predicted octanol–water partition coefficient (Wildman–Crippen LogP) is 3.20. The van der Waals surface area contributed by atoms with Crippen LogP contribution in [0.3, 0.4) is 0 Å². The van der Waals surface area contributed by atoms with Gasteiger partial charge in [-0.3, -0.25) is 10.4 Å². The number of nitrogens with zero attached hydrogens (tertiary/aromatic N) is 1. The molecular formula is C12H8BrF2N3O. The van der Waals surface area contributed by atoms with Crippen LogP contribution in [0.15, 0.2) is 35.1 Å². The van der Waals surface area contributed by atoms with Crippen LogP contribution in [0, 0.1) is 17.0 Å². The number of amidine groups is 1. The minimum absolute atomic E-state index is 0.0754. The van der Waals surface area contributed by atoms with Crippen LogP contribution in [0.2, 0.25) is 0 Å². The summed E-state index contributed by atoms with van der Waals surface area (Å²) in [5.41, 5.74) is 5.61. The van der Waals surface area contributed by atoms with E-state index in [1.807, 2.05) is 0 Å². The van der Waals surface area contributed by atoms with Crippen LogP contribution in [-0.4, -0.2) is 10.8 Å². The maximum atomic E-state index is 13.6. The SMILES string of the molecule is N=C(N)c1ccncc1Oc1cc(Br)cc(F)c1F. The predicted molar refractivity (Wildman–Crippen MR) is 69.4 cm³/mol. The Labute approximate surface area is 115 Å². The van der Waals surface area contributed by atoms with E-state index in [2.05, 4.69) is 20.9 Å². The average molecular weight is 328 g/mol. The lowest BCUT2D eigenvalue weighted by molar-refractivity contribution is 0.413. The van der Waals surface area contributed by atoms with E-state index in [1.165, 1.54) is 24.5 Å². The van der Waals surface area contributed by atoms with Crippen LogP contribution in [0.5, 0.6) is 11.5 Å². The van der Waals surface area contributed by atoms with Gasteiger partial charge in [0.15, 0.2) is 17.3 Å². The zero-order valence-corrected chi connectivity index (χ0v) is 11.0. The van der Waals surface area contributed by atoms with Gasteiger partial charge < -0.3 is 10.5 Å². The summed E-state index contributed by atoms with van der Waals surface area (Å²) in [5.74, 6) is -2.67. The number of aromatic nitrogens is 1. The van der Waals surface area contributed by atoms with Crippen molar-refractivity contribution in [2.45, 2.75) is 0 Å². The first kappa shape index (κ1) is 13.4. The number of nitrogen functional groups attached to an aromatic ring is 1. The molecule has 19 heavy (non-hydrogen) atoms. The molecule has 0 unspecified atom stereocenters. The Bertz CT molecular complexity index is 649. The third kappa shape index (κ3) is 2.87. The van der Waals surface area contributed by atoms with Gasteiger partial charge >= 0.3 is 0 Å². The van der Waals surface area contributed by atoms with Gasteiger partial charge in [-0.25, -0.2) is 4.39 Å². The highest BCUT2D eigenvalue weighted by atomic mass is 79.9. The maximum absolute atomic E-state index is 13.6. The minimum atomic E-state index is -1.12. The first-order valence-electron chi connectivity index (χ1n) is 5.10. The van der Waals surface area contributed by atoms with Crippen molar-refractivity contribution in [3.8, 4) is 11.5 Å². The van der Waals surface area contributed by atoms with Crippen molar-refractivity contribution in [1.29, 1.82) is 5.41 Å². The first-order chi connectivity index (χ1) is 8.99. The van der Waals surface area contributed by atoms with Crippen LogP contribution in [0.1, 0.15) is 5.56 Å². The lowest BCUT2D eigenvalue weighted by Crippen LogP contribution is -2.12. The Morgan fingerprint density at radius 1 is 1.32 bits per heavy atom. The summed E-state index contributed by atoms with van der Waals surface area (Å²) in [4.78, 5) is 3.79. The summed E-state index contributed by atoms with van der Waals surface area (Å²) in [6.45, 7) is 0. The number of benzene rings is 1. The molecule has 0 spiro atoms. The van der Waals surface area contributed by atoms with Gasteiger partial charge in [0, 0.05) is 10.7 Å². The second-order valence-corrected chi connectivity index (χ2v) is 4.50. The molecule has 1 aromatic carbocycles. The van der Waals surface area contributed by atoms with E-state index in [9.17, 15) is 8.78 Å². The molecule has 1 aromatic heterocycles. The van der Waals surface area contributed by atoms with Crippen LogP contribution in [0.25, 0.3) is 0 Å². The maximum Gasteiger partial charge on any atom is 0.201 e. The Morgan fingerprint density at radius 2 is 2.05 bits per heavy atom. The topological polar surface area (TPSA) is 72.0 Å². The molecule has 0 aliphatic carbocycles. The molecule has 0 atom stereocenters. The molecule has 1 heterocycles. The number of pyridine rings is 1. The standard InChI is InChI=1S/C12H8BrF2N3O/c13-6-3-8(14)11(15)9(4-6)19-10-5-18-2-1-7(10)12(16)17/h1-5H,(H3,16,17). The largest absolute Gasteiger partial charge is 0.452 e. The van der Waals surface area contributed by atoms with Gasteiger partial charge in [-0.05, 0) is 18.2 Å². The third-order valence-corrected chi connectivity index (χ3v) is 2.71. The normalized spacial score (nSPS) is 10.3. The highest BCUT2D eigenvalue weighted by Crippen LogP contribution is 2.30. The van der Waals surface area contributed by atoms with E-state index in [-0.39, 0.29) is 22.9 Å². The fourth-order valence-electron chi connectivity index (χ4n) is 1.41. The van der Waals surface area contributed by atoms with Crippen molar-refractivity contribution in [3.05, 3.63) is 52.3 Å². The lowest BCUT2D eigenvalue weighted by atomic mass is 10.2. The molecule has 2 aromatic rings. The zero-order chi connectivity index (χ0) is 14.0. The van der Waals surface area contributed by atoms with Gasteiger partial charge in [-0.2, -0.15) is 4.39 Å². The van der Waals surface area contributed by atoms with Crippen molar-refractivity contribution in [2.75, 3.05) is 0 Å². The number of ether oxygens (including phenoxy) is 1. The Hall–Kier alpha value is -2.02. The Kier molecular flexibility index (Phi) is 3.75. The monoisotopic (exact) mass is 327 g/mol. The molecule has 0 radical (unpaired) electrons. The Morgan fingerprint density at radius 3 is 2.74 bits per heavy atom. The number of hydrogen-bond acceptors (Lipinski definition) is 3. The van der Waals surface area contributed by atoms with Crippen LogP contribution >= 0.6 is 15.9 Å². The quantitative estimate of drug-likeness (QED) is 0.516.